The Balaban J connectivity index is 1.32. The highest BCUT2D eigenvalue weighted by molar-refractivity contribution is 5.39. The van der Waals surface area contributed by atoms with Crippen molar-refractivity contribution < 1.29 is 8.91 Å². The molecule has 2 aliphatic rings. The summed E-state index contributed by atoms with van der Waals surface area (Å²) < 4.78 is 22.4. The molecule has 7 heteroatoms. The third-order valence-corrected chi connectivity index (χ3v) is 4.87. The van der Waals surface area contributed by atoms with Crippen LogP contribution in [-0.4, -0.2) is 37.5 Å². The molecular weight excluding hydrogens is 309 g/mol. The minimum absolute atomic E-state index is 0.141. The van der Waals surface area contributed by atoms with Gasteiger partial charge in [-0.2, -0.15) is 4.98 Å². The second-order valence-corrected chi connectivity index (χ2v) is 6.86. The molecule has 4 heterocycles. The van der Waals surface area contributed by atoms with Gasteiger partial charge in [0.05, 0.1) is 5.69 Å². The molecule has 124 valence electrons. The van der Waals surface area contributed by atoms with Crippen LogP contribution < -0.4 is 0 Å². The van der Waals surface area contributed by atoms with Crippen molar-refractivity contribution in [2.45, 2.75) is 37.4 Å². The lowest BCUT2D eigenvalue weighted by atomic mass is 10.1. The first-order valence-corrected chi connectivity index (χ1v) is 8.38. The van der Waals surface area contributed by atoms with Crippen LogP contribution in [0.2, 0.25) is 0 Å². The Morgan fingerprint density at radius 1 is 1.29 bits per heavy atom. The molecule has 0 radical (unpaired) electrons. The molecule has 0 spiro atoms. The van der Waals surface area contributed by atoms with Crippen LogP contribution in [0, 0.1) is 0 Å². The molecule has 3 aromatic heterocycles. The fraction of sp³-hybridized carbons (Fsp3) is 0.471. The van der Waals surface area contributed by atoms with E-state index in [9.17, 15) is 0 Å². The Kier molecular flexibility index (Phi) is 3.00. The summed E-state index contributed by atoms with van der Waals surface area (Å²) in [5.74, 6) is 1.18. The number of rotatable bonds is 4. The molecular formula is C17H18FN5O. The summed E-state index contributed by atoms with van der Waals surface area (Å²) >= 11 is 0. The molecule has 3 aromatic rings. The van der Waals surface area contributed by atoms with Crippen LogP contribution in [0.1, 0.15) is 42.6 Å². The van der Waals surface area contributed by atoms with E-state index in [2.05, 4.69) is 20.0 Å². The minimum Gasteiger partial charge on any atom is -0.336 e. The highest BCUT2D eigenvalue weighted by Crippen LogP contribution is 2.41. The zero-order valence-corrected chi connectivity index (χ0v) is 13.2. The lowest BCUT2D eigenvalue weighted by Gasteiger charge is -2.16. The molecule has 24 heavy (non-hydrogen) atoms. The van der Waals surface area contributed by atoms with E-state index in [0.29, 0.717) is 31.3 Å². The zero-order valence-electron chi connectivity index (χ0n) is 13.2. The number of alkyl halides is 1. The molecule has 2 fully saturated rings. The van der Waals surface area contributed by atoms with E-state index in [0.717, 1.165) is 24.2 Å². The number of fused-ring (bicyclic) bond motifs is 1. The average molecular weight is 327 g/mol. The maximum absolute atomic E-state index is 15.2. The molecule has 0 aromatic carbocycles. The van der Waals surface area contributed by atoms with Crippen molar-refractivity contribution in [2.75, 3.05) is 13.1 Å². The molecule has 1 atom stereocenters. The van der Waals surface area contributed by atoms with E-state index < -0.39 is 5.67 Å². The molecule has 0 bridgehead atoms. The predicted molar refractivity (Wildman–Crippen MR) is 84.1 cm³/mol. The number of halogens is 1. The van der Waals surface area contributed by atoms with E-state index in [4.69, 9.17) is 4.52 Å². The smallest absolute Gasteiger partial charge is 0.265 e. The quantitative estimate of drug-likeness (QED) is 0.737. The summed E-state index contributed by atoms with van der Waals surface area (Å²) in [6.07, 6.45) is 6.50. The molecule has 5 rings (SSSR count). The monoisotopic (exact) mass is 327 g/mol. The van der Waals surface area contributed by atoms with Crippen LogP contribution in [0.5, 0.6) is 0 Å². The van der Waals surface area contributed by atoms with Crippen LogP contribution in [0.25, 0.3) is 5.65 Å². The number of hydrogen-bond donors (Lipinski definition) is 0. The Morgan fingerprint density at radius 2 is 2.21 bits per heavy atom. The zero-order chi connectivity index (χ0) is 16.1. The van der Waals surface area contributed by atoms with Crippen molar-refractivity contribution in [3.8, 4) is 0 Å². The second kappa shape index (κ2) is 5.11. The van der Waals surface area contributed by atoms with E-state index in [1.807, 2.05) is 35.0 Å². The minimum atomic E-state index is -1.54. The van der Waals surface area contributed by atoms with Crippen LogP contribution in [0.3, 0.4) is 0 Å². The van der Waals surface area contributed by atoms with Crippen LogP contribution in [0.4, 0.5) is 4.39 Å². The van der Waals surface area contributed by atoms with Gasteiger partial charge in [-0.1, -0.05) is 11.2 Å². The molecule has 1 saturated carbocycles. The van der Waals surface area contributed by atoms with Gasteiger partial charge in [-0.15, -0.1) is 0 Å². The molecule has 1 saturated heterocycles. The van der Waals surface area contributed by atoms with Crippen molar-refractivity contribution in [1.29, 1.82) is 0 Å². The predicted octanol–water partition coefficient (Wildman–Crippen LogP) is 2.67. The molecule has 0 amide bonds. The van der Waals surface area contributed by atoms with Gasteiger partial charge in [0.1, 0.15) is 5.65 Å². The van der Waals surface area contributed by atoms with Crippen molar-refractivity contribution in [3.05, 3.63) is 48.0 Å². The molecule has 1 aliphatic heterocycles. The van der Waals surface area contributed by atoms with Crippen molar-refractivity contribution >= 4 is 5.65 Å². The number of pyridine rings is 1. The molecule has 1 aliphatic carbocycles. The molecule has 6 nitrogen and oxygen atoms in total. The van der Waals surface area contributed by atoms with Gasteiger partial charge < -0.3 is 8.92 Å². The summed E-state index contributed by atoms with van der Waals surface area (Å²) in [5, 5.41) is 3.95. The fourth-order valence-corrected chi connectivity index (χ4v) is 3.37. The highest BCUT2D eigenvalue weighted by atomic mass is 19.1. The molecule has 0 N–H and O–H groups in total. The fourth-order valence-electron chi connectivity index (χ4n) is 3.37. The van der Waals surface area contributed by atoms with Crippen molar-refractivity contribution in [3.63, 3.8) is 0 Å². The van der Waals surface area contributed by atoms with Gasteiger partial charge in [-0.05, 0) is 25.0 Å². The lowest BCUT2D eigenvalue weighted by molar-refractivity contribution is 0.115. The third-order valence-electron chi connectivity index (χ3n) is 4.87. The average Bonchev–Trinajstić information content (AvgIpc) is 3.00. The van der Waals surface area contributed by atoms with E-state index in [1.54, 1.807) is 0 Å². The van der Waals surface area contributed by atoms with Gasteiger partial charge in [0, 0.05) is 44.4 Å². The Labute approximate surface area is 138 Å². The number of likely N-dealkylation sites (tertiary alicyclic amines) is 1. The first kappa shape index (κ1) is 14.1. The van der Waals surface area contributed by atoms with E-state index in [1.165, 1.54) is 0 Å². The van der Waals surface area contributed by atoms with Crippen LogP contribution >= 0.6 is 0 Å². The topological polar surface area (TPSA) is 59.5 Å². The van der Waals surface area contributed by atoms with Crippen molar-refractivity contribution in [1.82, 2.24) is 24.4 Å². The largest absolute Gasteiger partial charge is 0.336 e. The van der Waals surface area contributed by atoms with E-state index in [-0.39, 0.29) is 12.4 Å². The summed E-state index contributed by atoms with van der Waals surface area (Å²) in [6.45, 7) is 1.55. The summed E-state index contributed by atoms with van der Waals surface area (Å²) in [4.78, 5) is 10.9. The first-order valence-electron chi connectivity index (χ1n) is 8.38. The number of nitrogens with zero attached hydrogens (tertiary/aromatic N) is 5. The number of imidazole rings is 1. The Morgan fingerprint density at radius 3 is 3.04 bits per heavy atom. The summed E-state index contributed by atoms with van der Waals surface area (Å²) in [6, 6.07) is 5.89. The molecule has 1 unspecified atom stereocenters. The van der Waals surface area contributed by atoms with Gasteiger partial charge in [-0.3, -0.25) is 4.90 Å². The number of hydrogen-bond acceptors (Lipinski definition) is 5. The Bertz CT molecular complexity index is 853. The first-order chi connectivity index (χ1) is 11.7. The Hall–Kier alpha value is -2.28. The highest BCUT2D eigenvalue weighted by Gasteiger charge is 2.45. The second-order valence-electron chi connectivity index (χ2n) is 6.86. The summed E-state index contributed by atoms with van der Waals surface area (Å²) in [7, 11) is 0. The maximum atomic E-state index is 15.2. The normalized spacial score (nSPS) is 24.9. The number of aromatic nitrogens is 4. The van der Waals surface area contributed by atoms with Crippen molar-refractivity contribution in [2.24, 2.45) is 0 Å². The van der Waals surface area contributed by atoms with Gasteiger partial charge >= 0.3 is 0 Å². The van der Waals surface area contributed by atoms with Crippen LogP contribution in [-0.2, 0) is 12.2 Å². The SMILES string of the molecule is FC1(c2nc(C3CC3)no2)CCN(Cc2cn3ccccc3n2)C1. The van der Waals surface area contributed by atoms with E-state index >= 15 is 4.39 Å². The lowest BCUT2D eigenvalue weighted by Crippen LogP contribution is -2.27. The van der Waals surface area contributed by atoms with Gasteiger partial charge in [0.2, 0.25) is 5.67 Å². The summed E-state index contributed by atoms with van der Waals surface area (Å²) in [5.41, 5.74) is 0.304. The van der Waals surface area contributed by atoms with Gasteiger partial charge in [0.25, 0.3) is 5.89 Å². The third kappa shape index (κ3) is 2.39. The van der Waals surface area contributed by atoms with Crippen LogP contribution in [0.15, 0.2) is 35.1 Å². The maximum Gasteiger partial charge on any atom is 0.265 e. The standard InChI is InChI=1S/C17H18FN5O/c18-17(16-20-15(21-24-16)12-4-5-12)6-8-22(11-17)9-13-10-23-7-2-1-3-14(23)19-13/h1-3,7,10,12H,4-6,8-9,11H2. The van der Waals surface area contributed by atoms with Gasteiger partial charge in [-0.25, -0.2) is 9.37 Å². The van der Waals surface area contributed by atoms with Gasteiger partial charge in [0.15, 0.2) is 5.82 Å².